The Bertz CT molecular complexity index is 1190. The highest BCUT2D eigenvalue weighted by Gasteiger charge is 2.52. The monoisotopic (exact) mass is 592 g/mol. The number of benzene rings is 2. The van der Waals surface area contributed by atoms with E-state index >= 15 is 0 Å². The molecule has 230 valence electrons. The largest absolute Gasteiger partial charge is 0.504 e. The summed E-state index contributed by atoms with van der Waals surface area (Å²) in [5, 5.41) is 71.3. The molecule has 10 unspecified atom stereocenters. The molecular formula is C29H36O13. The summed E-state index contributed by atoms with van der Waals surface area (Å²) in [7, 11) is 0. The first-order valence-electron chi connectivity index (χ1n) is 13.4. The van der Waals surface area contributed by atoms with Crippen molar-refractivity contribution in [1.82, 2.24) is 0 Å². The Balaban J connectivity index is 1.52. The number of aliphatic hydroxyl groups excluding tert-OH is 5. The first kappa shape index (κ1) is 31.8. The maximum Gasteiger partial charge on any atom is 0.331 e. The number of esters is 1. The van der Waals surface area contributed by atoms with Crippen molar-refractivity contribution in [2.24, 2.45) is 0 Å². The number of ether oxygens (including phenoxy) is 5. The molecule has 0 amide bonds. The van der Waals surface area contributed by atoms with Gasteiger partial charge in [0.25, 0.3) is 0 Å². The van der Waals surface area contributed by atoms with Crippen LogP contribution in [0, 0.1) is 0 Å². The zero-order valence-corrected chi connectivity index (χ0v) is 22.7. The molecule has 0 saturated carbocycles. The van der Waals surface area contributed by atoms with Crippen LogP contribution >= 0.6 is 0 Å². The molecule has 13 nitrogen and oxygen atoms in total. The second-order valence-electron chi connectivity index (χ2n) is 10.1. The molecular weight excluding hydrogens is 556 g/mol. The second kappa shape index (κ2) is 14.4. The van der Waals surface area contributed by atoms with E-state index in [0.29, 0.717) is 12.0 Å². The SMILES string of the molecule is CC1OC(OC2C(O)C(OCCc3ccccc3)OC(CO)C2OC(=O)/C=C/c2ccc(O)c(O)c2)C(O)C(O)C1O. The molecule has 2 saturated heterocycles. The van der Waals surface area contributed by atoms with Crippen LogP contribution in [0.3, 0.4) is 0 Å². The van der Waals surface area contributed by atoms with Gasteiger partial charge in [-0.1, -0.05) is 36.4 Å². The molecule has 2 aromatic rings. The van der Waals surface area contributed by atoms with Crippen molar-refractivity contribution in [3.63, 3.8) is 0 Å². The van der Waals surface area contributed by atoms with Crippen molar-refractivity contribution in [2.75, 3.05) is 13.2 Å². The van der Waals surface area contributed by atoms with Crippen LogP contribution in [0.4, 0.5) is 0 Å². The molecule has 2 aromatic carbocycles. The molecule has 42 heavy (non-hydrogen) atoms. The Morgan fingerprint density at radius 1 is 0.881 bits per heavy atom. The van der Waals surface area contributed by atoms with Gasteiger partial charge in [0.15, 0.2) is 30.2 Å². The van der Waals surface area contributed by atoms with Gasteiger partial charge in [0.2, 0.25) is 0 Å². The Hall–Kier alpha value is -3.11. The number of carbonyl (C=O) groups is 1. The van der Waals surface area contributed by atoms with Crippen LogP contribution in [0.15, 0.2) is 54.6 Å². The van der Waals surface area contributed by atoms with Crippen molar-refractivity contribution >= 4 is 12.0 Å². The van der Waals surface area contributed by atoms with E-state index in [2.05, 4.69) is 0 Å². The van der Waals surface area contributed by atoms with E-state index in [4.69, 9.17) is 23.7 Å². The van der Waals surface area contributed by atoms with Crippen LogP contribution in [0.2, 0.25) is 0 Å². The third-order valence-corrected chi connectivity index (χ3v) is 7.07. The van der Waals surface area contributed by atoms with Gasteiger partial charge in [0.05, 0.1) is 19.3 Å². The third-order valence-electron chi connectivity index (χ3n) is 7.07. The van der Waals surface area contributed by atoms with Crippen molar-refractivity contribution in [1.29, 1.82) is 0 Å². The van der Waals surface area contributed by atoms with Gasteiger partial charge in [-0.2, -0.15) is 0 Å². The summed E-state index contributed by atoms with van der Waals surface area (Å²) >= 11 is 0. The number of phenolic OH excluding ortho intramolecular Hbond substituents is 2. The van der Waals surface area contributed by atoms with Crippen LogP contribution in [0.5, 0.6) is 11.5 Å². The smallest absolute Gasteiger partial charge is 0.331 e. The minimum Gasteiger partial charge on any atom is -0.504 e. The summed E-state index contributed by atoms with van der Waals surface area (Å²) in [4.78, 5) is 12.8. The summed E-state index contributed by atoms with van der Waals surface area (Å²) in [6.45, 7) is 0.893. The van der Waals surface area contributed by atoms with E-state index in [9.17, 15) is 40.5 Å². The summed E-state index contributed by atoms with van der Waals surface area (Å²) in [6, 6.07) is 13.3. The lowest BCUT2D eigenvalue weighted by Crippen LogP contribution is -2.65. The fourth-order valence-electron chi connectivity index (χ4n) is 4.68. The maximum atomic E-state index is 12.8. The normalized spacial score (nSPS) is 33.5. The number of hydrogen-bond acceptors (Lipinski definition) is 13. The number of rotatable bonds is 10. The lowest BCUT2D eigenvalue weighted by atomic mass is 9.97. The van der Waals surface area contributed by atoms with Crippen LogP contribution in [-0.4, -0.2) is 116 Å². The molecule has 4 rings (SSSR count). The molecule has 0 spiro atoms. The predicted octanol–water partition coefficient (Wildman–Crippen LogP) is -0.427. The lowest BCUT2D eigenvalue weighted by Gasteiger charge is -2.46. The Morgan fingerprint density at radius 3 is 2.31 bits per heavy atom. The quantitative estimate of drug-likeness (QED) is 0.106. The Labute approximate surface area is 241 Å². The van der Waals surface area contributed by atoms with Crippen molar-refractivity contribution < 1.29 is 64.2 Å². The highest BCUT2D eigenvalue weighted by atomic mass is 16.7. The average molecular weight is 593 g/mol. The van der Waals surface area contributed by atoms with Crippen molar-refractivity contribution in [2.45, 2.75) is 74.8 Å². The first-order chi connectivity index (χ1) is 20.1. The molecule has 2 fully saturated rings. The van der Waals surface area contributed by atoms with Crippen molar-refractivity contribution in [3.8, 4) is 11.5 Å². The molecule has 7 N–H and O–H groups in total. The van der Waals surface area contributed by atoms with E-state index in [1.165, 1.54) is 31.2 Å². The molecule has 2 aliphatic rings. The van der Waals surface area contributed by atoms with E-state index in [1.54, 1.807) is 0 Å². The molecule has 0 radical (unpaired) electrons. The van der Waals surface area contributed by atoms with Gasteiger partial charge in [-0.3, -0.25) is 0 Å². The number of aromatic hydroxyl groups is 2. The predicted molar refractivity (Wildman–Crippen MR) is 144 cm³/mol. The second-order valence-corrected chi connectivity index (χ2v) is 10.1. The Morgan fingerprint density at radius 2 is 1.62 bits per heavy atom. The van der Waals surface area contributed by atoms with Gasteiger partial charge in [-0.25, -0.2) is 4.79 Å². The number of phenols is 2. The van der Waals surface area contributed by atoms with E-state index in [0.717, 1.165) is 11.6 Å². The lowest BCUT2D eigenvalue weighted by molar-refractivity contribution is -0.357. The van der Waals surface area contributed by atoms with Gasteiger partial charge in [0, 0.05) is 6.08 Å². The molecule has 0 bridgehead atoms. The number of carbonyl (C=O) groups excluding carboxylic acids is 1. The third kappa shape index (κ3) is 7.64. The molecule has 2 heterocycles. The molecule has 10 atom stereocenters. The molecule has 0 aromatic heterocycles. The van der Waals surface area contributed by atoms with Gasteiger partial charge in [-0.15, -0.1) is 0 Å². The van der Waals surface area contributed by atoms with E-state index in [-0.39, 0.29) is 12.4 Å². The van der Waals surface area contributed by atoms with Crippen LogP contribution in [-0.2, 0) is 34.9 Å². The fraction of sp³-hybridized carbons (Fsp3) is 0.483. The van der Waals surface area contributed by atoms with Gasteiger partial charge in [0.1, 0.15) is 36.6 Å². The topological polar surface area (TPSA) is 205 Å². The standard InChI is InChI=1S/C29H36O13/c1-15-22(34)23(35)24(36)29(39-15)42-27-25(37)28(38-12-11-16-5-3-2-4-6-16)40-20(14-30)26(27)41-21(33)10-8-17-7-9-18(31)19(32)13-17/h2-10,13,15,20,22-32,34-37H,11-12,14H2,1H3/b10-8+. The van der Waals surface area contributed by atoms with Gasteiger partial charge < -0.3 is 59.4 Å². The zero-order valence-electron chi connectivity index (χ0n) is 22.7. The van der Waals surface area contributed by atoms with Crippen molar-refractivity contribution in [3.05, 3.63) is 65.7 Å². The van der Waals surface area contributed by atoms with E-state index < -0.39 is 79.7 Å². The van der Waals surface area contributed by atoms with Crippen LogP contribution < -0.4 is 0 Å². The van der Waals surface area contributed by atoms with E-state index in [1.807, 2.05) is 30.3 Å². The van der Waals surface area contributed by atoms with Crippen LogP contribution in [0.1, 0.15) is 18.1 Å². The minimum atomic E-state index is -1.73. The summed E-state index contributed by atoms with van der Waals surface area (Å²) < 4.78 is 28.4. The number of hydrogen-bond donors (Lipinski definition) is 7. The molecule has 13 heteroatoms. The first-order valence-corrected chi connectivity index (χ1v) is 13.4. The molecule has 0 aliphatic carbocycles. The Kier molecular flexibility index (Phi) is 10.9. The summed E-state index contributed by atoms with van der Waals surface area (Å²) in [5.41, 5.74) is 1.33. The summed E-state index contributed by atoms with van der Waals surface area (Å²) in [6.07, 6.45) is -11.6. The van der Waals surface area contributed by atoms with Gasteiger partial charge in [-0.05, 0) is 42.7 Å². The van der Waals surface area contributed by atoms with Gasteiger partial charge >= 0.3 is 5.97 Å². The number of aliphatic hydroxyl groups is 5. The molecule has 2 aliphatic heterocycles. The highest BCUT2D eigenvalue weighted by molar-refractivity contribution is 5.87. The average Bonchev–Trinajstić information content (AvgIpc) is 2.98. The fourth-order valence-corrected chi connectivity index (χ4v) is 4.68. The summed E-state index contributed by atoms with van der Waals surface area (Å²) in [5.74, 6) is -1.67. The highest BCUT2D eigenvalue weighted by Crippen LogP contribution is 2.31. The maximum absolute atomic E-state index is 12.8. The minimum absolute atomic E-state index is 0.119. The zero-order chi connectivity index (χ0) is 30.4. The van der Waals surface area contributed by atoms with Crippen LogP contribution in [0.25, 0.3) is 6.08 Å².